The summed E-state index contributed by atoms with van der Waals surface area (Å²) < 4.78 is 5.00. The van der Waals surface area contributed by atoms with Gasteiger partial charge >= 0.3 is 12.0 Å². The largest absolute Gasteiger partial charge is 0.457 e. The normalized spacial score (nSPS) is 15.9. The number of esters is 1. The first-order valence-electron chi connectivity index (χ1n) is 8.43. The zero-order chi connectivity index (χ0) is 17.8. The molecule has 0 atom stereocenters. The molecule has 2 aliphatic rings. The number of carbonyl (C=O) groups excluding carboxylic acids is 4. The molecule has 0 unspecified atom stereocenters. The number of urea groups is 1. The van der Waals surface area contributed by atoms with Crippen LogP contribution in [0.25, 0.3) is 0 Å². The molecule has 1 aliphatic carbocycles. The molecule has 25 heavy (non-hydrogen) atoms. The molecule has 3 amide bonds. The molecule has 0 radical (unpaired) electrons. The first-order chi connectivity index (χ1) is 12.0. The third kappa shape index (κ3) is 4.04. The van der Waals surface area contributed by atoms with Crippen molar-refractivity contribution >= 4 is 23.7 Å². The number of amides is 3. The highest BCUT2D eigenvalue weighted by Crippen LogP contribution is 2.23. The van der Waals surface area contributed by atoms with E-state index in [1.165, 1.54) is 11.1 Å². The lowest BCUT2D eigenvalue weighted by atomic mass is 10.0. The zero-order valence-corrected chi connectivity index (χ0v) is 13.9. The van der Waals surface area contributed by atoms with E-state index in [1.54, 1.807) is 6.07 Å². The number of benzene rings is 1. The fourth-order valence-electron chi connectivity index (χ4n) is 3.11. The molecule has 1 N–H and O–H groups in total. The second-order valence-corrected chi connectivity index (χ2v) is 6.23. The maximum absolute atomic E-state index is 12.1. The van der Waals surface area contributed by atoms with Gasteiger partial charge in [0.2, 0.25) is 5.91 Å². The molecule has 7 heteroatoms. The van der Waals surface area contributed by atoms with Crippen LogP contribution in [0.2, 0.25) is 0 Å². The molecule has 1 fully saturated rings. The number of hydrogen-bond donors (Lipinski definition) is 1. The number of Topliss-reactive ketones (excluding diaryl/α,β-unsaturated/α-hetero) is 1. The summed E-state index contributed by atoms with van der Waals surface area (Å²) in [6.07, 6.45) is 3.51. The summed E-state index contributed by atoms with van der Waals surface area (Å²) in [6.45, 7) is -0.127. The number of carbonyl (C=O) groups is 4. The molecule has 1 heterocycles. The minimum Gasteiger partial charge on any atom is -0.457 e. The highest BCUT2D eigenvalue weighted by molar-refractivity contribution is 6.02. The Morgan fingerprint density at radius 2 is 1.96 bits per heavy atom. The number of fused-ring (bicyclic) bond motifs is 1. The summed E-state index contributed by atoms with van der Waals surface area (Å²) in [5.41, 5.74) is 3.05. The second kappa shape index (κ2) is 7.46. The monoisotopic (exact) mass is 344 g/mol. The second-order valence-electron chi connectivity index (χ2n) is 6.23. The van der Waals surface area contributed by atoms with Crippen LogP contribution in [-0.4, -0.2) is 48.3 Å². The van der Waals surface area contributed by atoms with Crippen molar-refractivity contribution in [2.75, 3.05) is 19.7 Å². The molecular weight excluding hydrogens is 324 g/mol. The van der Waals surface area contributed by atoms with Crippen LogP contribution in [0, 0.1) is 0 Å². The van der Waals surface area contributed by atoms with Crippen molar-refractivity contribution in [1.82, 2.24) is 10.2 Å². The Kier molecular flexibility index (Phi) is 5.11. The fraction of sp³-hybridized carbons (Fsp3) is 0.444. The van der Waals surface area contributed by atoms with Gasteiger partial charge in [-0.05, 0) is 42.9 Å². The maximum Gasteiger partial charge on any atom is 0.324 e. The minimum atomic E-state index is -0.512. The van der Waals surface area contributed by atoms with Crippen LogP contribution in [0.1, 0.15) is 40.7 Å². The van der Waals surface area contributed by atoms with E-state index >= 15 is 0 Å². The fourth-order valence-corrected chi connectivity index (χ4v) is 3.11. The van der Waals surface area contributed by atoms with Gasteiger partial charge in [0.15, 0.2) is 12.4 Å². The van der Waals surface area contributed by atoms with Gasteiger partial charge in [-0.1, -0.05) is 12.1 Å². The Morgan fingerprint density at radius 3 is 2.72 bits per heavy atom. The van der Waals surface area contributed by atoms with Crippen molar-refractivity contribution < 1.29 is 23.9 Å². The maximum atomic E-state index is 12.1. The van der Waals surface area contributed by atoms with Gasteiger partial charge in [-0.2, -0.15) is 0 Å². The summed E-state index contributed by atoms with van der Waals surface area (Å²) in [4.78, 5) is 47.7. The van der Waals surface area contributed by atoms with E-state index in [0.29, 0.717) is 12.0 Å². The van der Waals surface area contributed by atoms with Gasteiger partial charge in [0, 0.05) is 18.5 Å². The van der Waals surface area contributed by atoms with Crippen molar-refractivity contribution in [2.45, 2.75) is 32.1 Å². The van der Waals surface area contributed by atoms with Gasteiger partial charge in [0.1, 0.15) is 0 Å². The van der Waals surface area contributed by atoms with Gasteiger partial charge in [-0.15, -0.1) is 0 Å². The number of imide groups is 1. The summed E-state index contributed by atoms with van der Waals surface area (Å²) in [5, 5.41) is 2.41. The third-order valence-corrected chi connectivity index (χ3v) is 4.48. The van der Waals surface area contributed by atoms with Crippen LogP contribution in [0.3, 0.4) is 0 Å². The highest BCUT2D eigenvalue weighted by Gasteiger charge is 2.27. The van der Waals surface area contributed by atoms with Gasteiger partial charge < -0.3 is 10.1 Å². The van der Waals surface area contributed by atoms with E-state index in [4.69, 9.17) is 4.74 Å². The number of nitrogens with zero attached hydrogens (tertiary/aromatic N) is 1. The summed E-state index contributed by atoms with van der Waals surface area (Å²) in [5.74, 6) is -1.04. The van der Waals surface area contributed by atoms with Crippen molar-refractivity contribution in [3.63, 3.8) is 0 Å². The Morgan fingerprint density at radius 1 is 1.16 bits per heavy atom. The first-order valence-corrected chi connectivity index (χ1v) is 8.43. The van der Waals surface area contributed by atoms with Crippen LogP contribution >= 0.6 is 0 Å². The zero-order valence-electron chi connectivity index (χ0n) is 13.9. The lowest BCUT2D eigenvalue weighted by Gasteiger charge is -2.11. The minimum absolute atomic E-state index is 0.00143. The molecule has 7 nitrogen and oxygen atoms in total. The number of nitrogens with one attached hydrogen (secondary N) is 1. The molecule has 132 valence electrons. The topological polar surface area (TPSA) is 92.8 Å². The number of hydrogen-bond acceptors (Lipinski definition) is 5. The molecule has 1 saturated heterocycles. The first kappa shape index (κ1) is 17.1. The summed E-state index contributed by atoms with van der Waals surface area (Å²) in [7, 11) is 0. The molecule has 1 aromatic rings. The summed E-state index contributed by atoms with van der Waals surface area (Å²) in [6, 6.07) is 5.19. The Bertz CT molecular complexity index is 712. The Balaban J connectivity index is 1.40. The van der Waals surface area contributed by atoms with E-state index in [-0.39, 0.29) is 37.8 Å². The molecular formula is C18H20N2O5. The predicted octanol–water partition coefficient (Wildman–Crippen LogP) is 1.23. The van der Waals surface area contributed by atoms with Crippen LogP contribution in [-0.2, 0) is 27.2 Å². The van der Waals surface area contributed by atoms with Crippen LogP contribution in [0.4, 0.5) is 4.79 Å². The summed E-state index contributed by atoms with van der Waals surface area (Å²) >= 11 is 0. The van der Waals surface area contributed by atoms with E-state index in [2.05, 4.69) is 5.32 Å². The smallest absolute Gasteiger partial charge is 0.324 e. The predicted molar refractivity (Wildman–Crippen MR) is 88.1 cm³/mol. The van der Waals surface area contributed by atoms with Gasteiger partial charge in [-0.3, -0.25) is 19.3 Å². The molecule has 0 saturated carbocycles. The number of ether oxygens (including phenoxy) is 1. The molecule has 0 spiro atoms. The van der Waals surface area contributed by atoms with E-state index < -0.39 is 12.0 Å². The van der Waals surface area contributed by atoms with Crippen molar-refractivity contribution in [3.05, 3.63) is 34.9 Å². The quantitative estimate of drug-likeness (QED) is 0.456. The van der Waals surface area contributed by atoms with Gasteiger partial charge in [0.05, 0.1) is 6.54 Å². The SMILES string of the molecule is O=C(CCCN1C(=O)CNC1=O)OCC(=O)c1ccc2c(c1)CCC2. The van der Waals surface area contributed by atoms with E-state index in [9.17, 15) is 19.2 Å². The Labute approximate surface area is 145 Å². The van der Waals surface area contributed by atoms with E-state index in [0.717, 1.165) is 24.2 Å². The molecule has 0 aromatic heterocycles. The van der Waals surface area contributed by atoms with Crippen LogP contribution in [0.15, 0.2) is 18.2 Å². The van der Waals surface area contributed by atoms with E-state index in [1.807, 2.05) is 12.1 Å². The van der Waals surface area contributed by atoms with Crippen molar-refractivity contribution in [2.24, 2.45) is 0 Å². The lowest BCUT2D eigenvalue weighted by Crippen LogP contribution is -2.32. The number of aryl methyl sites for hydroxylation is 2. The van der Waals surface area contributed by atoms with Crippen molar-refractivity contribution in [3.8, 4) is 0 Å². The molecule has 1 aromatic carbocycles. The van der Waals surface area contributed by atoms with Crippen molar-refractivity contribution in [1.29, 1.82) is 0 Å². The number of rotatable bonds is 7. The highest BCUT2D eigenvalue weighted by atomic mass is 16.5. The molecule has 3 rings (SSSR count). The average molecular weight is 344 g/mol. The lowest BCUT2D eigenvalue weighted by molar-refractivity contribution is -0.142. The van der Waals surface area contributed by atoms with Crippen LogP contribution in [0.5, 0.6) is 0 Å². The standard InChI is InChI=1S/C18H20N2O5/c21-15(14-7-6-12-3-1-4-13(12)9-14)11-25-17(23)5-2-8-20-16(22)10-19-18(20)24/h6-7,9H,1-5,8,10-11H2,(H,19,24). The third-order valence-electron chi connectivity index (χ3n) is 4.48. The average Bonchev–Trinajstić information content (AvgIpc) is 3.20. The number of ketones is 1. The van der Waals surface area contributed by atoms with Gasteiger partial charge in [-0.25, -0.2) is 4.79 Å². The van der Waals surface area contributed by atoms with Gasteiger partial charge in [0.25, 0.3) is 0 Å². The Hall–Kier alpha value is -2.70. The van der Waals surface area contributed by atoms with Crippen LogP contribution < -0.4 is 5.32 Å². The molecule has 1 aliphatic heterocycles. The molecule has 0 bridgehead atoms.